The van der Waals surface area contributed by atoms with Gasteiger partial charge in [0, 0.05) is 18.4 Å². The molecule has 2 rings (SSSR count). The molecule has 0 bridgehead atoms. The van der Waals surface area contributed by atoms with Gasteiger partial charge in [-0.2, -0.15) is 0 Å². The highest BCUT2D eigenvalue weighted by Crippen LogP contribution is 2.28. The lowest BCUT2D eigenvalue weighted by molar-refractivity contribution is -0.140. The van der Waals surface area contributed by atoms with Crippen molar-refractivity contribution in [3.8, 4) is 5.88 Å². The third-order valence-electron chi connectivity index (χ3n) is 2.72. The van der Waals surface area contributed by atoms with Gasteiger partial charge in [-0.3, -0.25) is 4.79 Å². The first-order valence-corrected chi connectivity index (χ1v) is 5.15. The number of carbonyl (C=O) groups is 2. The number of aromatic nitrogens is 1. The Labute approximate surface area is 97.6 Å². The smallest absolute Gasteiger partial charge is 0.326 e. The van der Waals surface area contributed by atoms with Crippen LogP contribution in [0.15, 0.2) is 18.2 Å². The Balaban J connectivity index is 2.31. The molecule has 2 atom stereocenters. The Morgan fingerprint density at radius 1 is 1.59 bits per heavy atom. The fraction of sp³-hybridized carbons (Fsp3) is 0.364. The maximum Gasteiger partial charge on any atom is 0.326 e. The summed E-state index contributed by atoms with van der Waals surface area (Å²) in [6.45, 7) is 0. The van der Waals surface area contributed by atoms with Crippen LogP contribution in [0, 0.1) is 0 Å². The van der Waals surface area contributed by atoms with E-state index in [1.807, 2.05) is 0 Å². The summed E-state index contributed by atoms with van der Waals surface area (Å²) in [6.07, 6.45) is 0.136. The highest BCUT2D eigenvalue weighted by molar-refractivity contribution is 5.89. The molecule has 1 aromatic heterocycles. The summed E-state index contributed by atoms with van der Waals surface area (Å²) >= 11 is 0. The number of amides is 1. The zero-order valence-corrected chi connectivity index (χ0v) is 9.21. The number of nitrogens with one attached hydrogen (secondary N) is 1. The van der Waals surface area contributed by atoms with E-state index in [4.69, 9.17) is 9.84 Å². The molecule has 6 heteroatoms. The summed E-state index contributed by atoms with van der Waals surface area (Å²) in [6, 6.07) is 4.18. The number of ether oxygens (including phenoxy) is 1. The molecule has 2 N–H and O–H groups in total. The molecule has 1 amide bonds. The SMILES string of the molecule is COc1cccc(C2CC(=O)NC2C(=O)O)n1. The van der Waals surface area contributed by atoms with Gasteiger partial charge in [0.05, 0.1) is 12.8 Å². The monoisotopic (exact) mass is 236 g/mol. The van der Waals surface area contributed by atoms with Crippen molar-refractivity contribution in [2.24, 2.45) is 0 Å². The van der Waals surface area contributed by atoms with Crippen molar-refractivity contribution in [3.05, 3.63) is 23.9 Å². The van der Waals surface area contributed by atoms with Crippen molar-refractivity contribution in [1.29, 1.82) is 0 Å². The molecule has 17 heavy (non-hydrogen) atoms. The predicted octanol–water partition coefficient (Wildman–Crippen LogP) is 0.147. The number of rotatable bonds is 3. The lowest BCUT2D eigenvalue weighted by atomic mass is 9.96. The van der Waals surface area contributed by atoms with E-state index < -0.39 is 17.9 Å². The number of hydrogen-bond donors (Lipinski definition) is 2. The number of nitrogens with zero attached hydrogens (tertiary/aromatic N) is 1. The van der Waals surface area contributed by atoms with Crippen LogP contribution in [0.25, 0.3) is 0 Å². The van der Waals surface area contributed by atoms with Gasteiger partial charge >= 0.3 is 5.97 Å². The van der Waals surface area contributed by atoms with Crippen LogP contribution in [0.2, 0.25) is 0 Å². The topological polar surface area (TPSA) is 88.5 Å². The summed E-state index contributed by atoms with van der Waals surface area (Å²) in [5.74, 6) is -1.36. The molecular formula is C11H12N2O4. The Bertz CT molecular complexity index is 461. The van der Waals surface area contributed by atoms with Gasteiger partial charge in [-0.05, 0) is 6.07 Å². The molecule has 0 saturated carbocycles. The number of aliphatic carboxylic acids is 1. The summed E-state index contributed by atoms with van der Waals surface area (Å²) in [5.41, 5.74) is 0.551. The number of pyridine rings is 1. The molecule has 2 unspecified atom stereocenters. The van der Waals surface area contributed by atoms with Crippen molar-refractivity contribution in [2.75, 3.05) is 7.11 Å². The molecule has 0 radical (unpaired) electrons. The molecule has 1 aliphatic heterocycles. The van der Waals surface area contributed by atoms with E-state index in [0.717, 1.165) is 0 Å². The number of carboxylic acids is 1. The quantitative estimate of drug-likeness (QED) is 0.779. The third-order valence-corrected chi connectivity index (χ3v) is 2.72. The minimum absolute atomic E-state index is 0.136. The molecule has 6 nitrogen and oxygen atoms in total. The van der Waals surface area contributed by atoms with Crippen molar-refractivity contribution < 1.29 is 19.4 Å². The van der Waals surface area contributed by atoms with Crippen LogP contribution < -0.4 is 10.1 Å². The van der Waals surface area contributed by atoms with E-state index in [1.54, 1.807) is 18.2 Å². The van der Waals surface area contributed by atoms with Crippen LogP contribution in [-0.4, -0.2) is 35.1 Å². The third kappa shape index (κ3) is 2.20. The zero-order chi connectivity index (χ0) is 12.4. The second kappa shape index (κ2) is 4.40. The summed E-state index contributed by atoms with van der Waals surface area (Å²) in [5, 5.41) is 11.4. The van der Waals surface area contributed by atoms with Gasteiger partial charge in [0.15, 0.2) is 0 Å². The van der Waals surface area contributed by atoms with E-state index in [0.29, 0.717) is 11.6 Å². The summed E-state index contributed by atoms with van der Waals surface area (Å²) in [4.78, 5) is 26.4. The van der Waals surface area contributed by atoms with Gasteiger partial charge in [-0.15, -0.1) is 0 Å². The van der Waals surface area contributed by atoms with Gasteiger partial charge in [0.1, 0.15) is 6.04 Å². The lowest BCUT2D eigenvalue weighted by Gasteiger charge is -2.14. The van der Waals surface area contributed by atoms with Gasteiger partial charge in [-0.1, -0.05) is 6.07 Å². The van der Waals surface area contributed by atoms with E-state index in [1.165, 1.54) is 7.11 Å². The molecule has 1 fully saturated rings. The second-order valence-electron chi connectivity index (χ2n) is 3.80. The van der Waals surface area contributed by atoms with Crippen molar-refractivity contribution in [1.82, 2.24) is 10.3 Å². The highest BCUT2D eigenvalue weighted by Gasteiger charge is 2.39. The zero-order valence-electron chi connectivity index (χ0n) is 9.21. The van der Waals surface area contributed by atoms with Gasteiger partial charge in [0.2, 0.25) is 11.8 Å². The molecule has 90 valence electrons. The maximum atomic E-state index is 11.3. The first-order chi connectivity index (χ1) is 8.11. The first kappa shape index (κ1) is 11.4. The molecule has 0 aromatic carbocycles. The van der Waals surface area contributed by atoms with Crippen LogP contribution in [0.5, 0.6) is 5.88 Å². The van der Waals surface area contributed by atoms with Gasteiger partial charge in [-0.25, -0.2) is 9.78 Å². The maximum absolute atomic E-state index is 11.3. The van der Waals surface area contributed by atoms with Crippen molar-refractivity contribution >= 4 is 11.9 Å². The Morgan fingerprint density at radius 2 is 2.35 bits per heavy atom. The molecule has 2 heterocycles. The van der Waals surface area contributed by atoms with Crippen LogP contribution in [0.4, 0.5) is 0 Å². The number of methoxy groups -OCH3 is 1. The Kier molecular flexibility index (Phi) is 2.95. The van der Waals surface area contributed by atoms with Crippen molar-refractivity contribution in [3.63, 3.8) is 0 Å². The van der Waals surface area contributed by atoms with Crippen LogP contribution in [0.1, 0.15) is 18.0 Å². The normalized spacial score (nSPS) is 23.2. The van der Waals surface area contributed by atoms with Gasteiger partial charge in [0.25, 0.3) is 0 Å². The van der Waals surface area contributed by atoms with E-state index in [9.17, 15) is 9.59 Å². The van der Waals surface area contributed by atoms with Gasteiger partial charge < -0.3 is 15.2 Å². The second-order valence-corrected chi connectivity index (χ2v) is 3.80. The Hall–Kier alpha value is -2.11. The largest absolute Gasteiger partial charge is 0.481 e. The van der Waals surface area contributed by atoms with E-state index >= 15 is 0 Å². The Morgan fingerprint density at radius 3 is 3.00 bits per heavy atom. The predicted molar refractivity (Wildman–Crippen MR) is 57.7 cm³/mol. The fourth-order valence-corrected chi connectivity index (χ4v) is 1.91. The average Bonchev–Trinajstić information content (AvgIpc) is 2.72. The fourth-order valence-electron chi connectivity index (χ4n) is 1.91. The number of hydrogen-bond acceptors (Lipinski definition) is 4. The molecular weight excluding hydrogens is 224 g/mol. The minimum atomic E-state index is -1.05. The van der Waals surface area contributed by atoms with Crippen LogP contribution in [-0.2, 0) is 9.59 Å². The molecule has 1 aliphatic rings. The lowest BCUT2D eigenvalue weighted by Crippen LogP contribution is -2.36. The number of carbonyl (C=O) groups excluding carboxylic acids is 1. The standard InChI is InChI=1S/C11H12N2O4/c1-17-9-4-2-3-7(12-9)6-5-8(14)13-10(6)11(15)16/h2-4,6,10H,5H2,1H3,(H,13,14)(H,15,16). The van der Waals surface area contributed by atoms with Crippen LogP contribution >= 0.6 is 0 Å². The molecule has 0 aliphatic carbocycles. The summed E-state index contributed by atoms with van der Waals surface area (Å²) < 4.78 is 4.97. The molecule has 0 spiro atoms. The molecule has 1 aromatic rings. The number of carboxylic acid groups (broad SMARTS) is 1. The highest BCUT2D eigenvalue weighted by atomic mass is 16.5. The van der Waals surface area contributed by atoms with E-state index in [2.05, 4.69) is 10.3 Å². The van der Waals surface area contributed by atoms with E-state index in [-0.39, 0.29) is 12.3 Å². The van der Waals surface area contributed by atoms with Crippen molar-refractivity contribution in [2.45, 2.75) is 18.4 Å². The summed E-state index contributed by atoms with van der Waals surface area (Å²) in [7, 11) is 1.48. The first-order valence-electron chi connectivity index (χ1n) is 5.15. The van der Waals surface area contributed by atoms with Crippen LogP contribution in [0.3, 0.4) is 0 Å². The minimum Gasteiger partial charge on any atom is -0.481 e. The average molecular weight is 236 g/mol. The molecule has 1 saturated heterocycles.